The van der Waals surface area contributed by atoms with E-state index in [0.717, 1.165) is 11.1 Å². The standard InChI is InChI=1S/C18H14N2O2/c1-2-3-4-5-18(21)22-17-10-7-14(8-11-17)15-6-9-16(12-19)20-13-15/h2-11,13H,1H3/b3-2+,5-4+. The molecule has 0 aliphatic rings. The summed E-state index contributed by atoms with van der Waals surface area (Å²) in [5.41, 5.74) is 2.20. The van der Waals surface area contributed by atoms with Crippen molar-refractivity contribution in [3.8, 4) is 22.9 Å². The van der Waals surface area contributed by atoms with Crippen LogP contribution in [0.25, 0.3) is 11.1 Å². The molecule has 0 bridgehead atoms. The Hall–Kier alpha value is -3.19. The zero-order chi connectivity index (χ0) is 15.8. The van der Waals surface area contributed by atoms with E-state index in [2.05, 4.69) is 4.98 Å². The van der Waals surface area contributed by atoms with Gasteiger partial charge in [0.25, 0.3) is 0 Å². The van der Waals surface area contributed by atoms with Gasteiger partial charge in [-0.15, -0.1) is 0 Å². The number of esters is 1. The van der Waals surface area contributed by atoms with E-state index in [1.165, 1.54) is 6.08 Å². The number of hydrogen-bond acceptors (Lipinski definition) is 4. The summed E-state index contributed by atoms with van der Waals surface area (Å²) in [6.07, 6.45) is 8.20. The molecule has 0 unspecified atom stereocenters. The summed E-state index contributed by atoms with van der Waals surface area (Å²) in [7, 11) is 0. The van der Waals surface area contributed by atoms with Crippen LogP contribution in [0.2, 0.25) is 0 Å². The number of allylic oxidation sites excluding steroid dienone is 3. The number of nitrogens with zero attached hydrogens (tertiary/aromatic N) is 2. The van der Waals surface area contributed by atoms with Crippen LogP contribution in [0.4, 0.5) is 0 Å². The summed E-state index contributed by atoms with van der Waals surface area (Å²) in [6, 6.07) is 12.6. The Labute approximate surface area is 129 Å². The smallest absolute Gasteiger partial charge is 0.336 e. The normalized spacial score (nSPS) is 10.7. The maximum Gasteiger partial charge on any atom is 0.336 e. The Balaban J connectivity index is 2.06. The zero-order valence-corrected chi connectivity index (χ0v) is 12.1. The molecule has 0 fully saturated rings. The van der Waals surface area contributed by atoms with Gasteiger partial charge >= 0.3 is 5.97 Å². The second-order valence-corrected chi connectivity index (χ2v) is 4.37. The molecular formula is C18H14N2O2. The lowest BCUT2D eigenvalue weighted by Crippen LogP contribution is -2.03. The first-order valence-electron chi connectivity index (χ1n) is 6.70. The molecule has 1 aromatic carbocycles. The molecule has 1 heterocycles. The zero-order valence-electron chi connectivity index (χ0n) is 12.1. The summed E-state index contributed by atoms with van der Waals surface area (Å²) in [5, 5.41) is 8.73. The number of carbonyl (C=O) groups is 1. The van der Waals surface area contributed by atoms with Crippen molar-refractivity contribution in [2.75, 3.05) is 0 Å². The predicted molar refractivity (Wildman–Crippen MR) is 84.0 cm³/mol. The summed E-state index contributed by atoms with van der Waals surface area (Å²) < 4.78 is 5.17. The molecule has 4 nitrogen and oxygen atoms in total. The Morgan fingerprint density at radius 1 is 1.14 bits per heavy atom. The van der Waals surface area contributed by atoms with Gasteiger partial charge in [-0.25, -0.2) is 9.78 Å². The first-order chi connectivity index (χ1) is 10.7. The highest BCUT2D eigenvalue weighted by Crippen LogP contribution is 2.22. The lowest BCUT2D eigenvalue weighted by atomic mass is 10.1. The molecule has 0 atom stereocenters. The number of carbonyl (C=O) groups excluding carboxylic acids is 1. The maximum atomic E-state index is 11.5. The number of pyridine rings is 1. The van der Waals surface area contributed by atoms with Gasteiger partial charge in [-0.3, -0.25) is 0 Å². The van der Waals surface area contributed by atoms with Crippen molar-refractivity contribution in [2.24, 2.45) is 0 Å². The van der Waals surface area contributed by atoms with Gasteiger partial charge < -0.3 is 4.74 Å². The highest BCUT2D eigenvalue weighted by Gasteiger charge is 2.02. The van der Waals surface area contributed by atoms with Gasteiger partial charge in [0.05, 0.1) is 0 Å². The SMILES string of the molecule is C/C=C/C=C/C(=O)Oc1ccc(-c2ccc(C#N)nc2)cc1. The third kappa shape index (κ3) is 4.15. The van der Waals surface area contributed by atoms with E-state index in [-0.39, 0.29) is 0 Å². The Morgan fingerprint density at radius 3 is 2.45 bits per heavy atom. The number of nitriles is 1. The third-order valence-electron chi connectivity index (χ3n) is 2.82. The van der Waals surface area contributed by atoms with Crippen molar-refractivity contribution >= 4 is 5.97 Å². The van der Waals surface area contributed by atoms with Crippen molar-refractivity contribution < 1.29 is 9.53 Å². The highest BCUT2D eigenvalue weighted by atomic mass is 16.5. The molecule has 1 aromatic heterocycles. The first-order valence-corrected chi connectivity index (χ1v) is 6.70. The van der Waals surface area contributed by atoms with Crippen LogP contribution < -0.4 is 4.74 Å². The minimum atomic E-state index is -0.425. The Kier molecular flexibility index (Phi) is 5.22. The molecule has 2 aromatic rings. The number of ether oxygens (including phenoxy) is 1. The molecule has 4 heteroatoms. The lowest BCUT2D eigenvalue weighted by Gasteiger charge is -2.04. The third-order valence-corrected chi connectivity index (χ3v) is 2.82. The fourth-order valence-corrected chi connectivity index (χ4v) is 1.74. The quantitative estimate of drug-likeness (QED) is 0.373. The Bertz CT molecular complexity index is 736. The Morgan fingerprint density at radius 2 is 1.86 bits per heavy atom. The summed E-state index contributed by atoms with van der Waals surface area (Å²) in [5.74, 6) is 0.0476. The number of hydrogen-bond donors (Lipinski definition) is 0. The van der Waals surface area contributed by atoms with Crippen LogP contribution in [0.15, 0.2) is 66.9 Å². The average molecular weight is 290 g/mol. The molecule has 22 heavy (non-hydrogen) atoms. The van der Waals surface area contributed by atoms with E-state index in [1.54, 1.807) is 36.5 Å². The molecule has 0 spiro atoms. The number of aromatic nitrogens is 1. The van der Waals surface area contributed by atoms with Crippen LogP contribution in [0, 0.1) is 11.3 Å². The molecule has 0 amide bonds. The summed E-state index contributed by atoms with van der Waals surface area (Å²) >= 11 is 0. The molecule has 0 saturated carbocycles. The van der Waals surface area contributed by atoms with Crippen LogP contribution in [0.5, 0.6) is 5.75 Å². The average Bonchev–Trinajstić information content (AvgIpc) is 2.56. The molecule has 0 N–H and O–H groups in total. The number of rotatable bonds is 4. The molecule has 108 valence electrons. The van der Waals surface area contributed by atoms with Gasteiger partial charge in [-0.1, -0.05) is 30.4 Å². The van der Waals surface area contributed by atoms with Crippen LogP contribution in [0.1, 0.15) is 12.6 Å². The van der Waals surface area contributed by atoms with E-state index >= 15 is 0 Å². The van der Waals surface area contributed by atoms with Crippen LogP contribution in [0.3, 0.4) is 0 Å². The van der Waals surface area contributed by atoms with E-state index < -0.39 is 5.97 Å². The van der Waals surface area contributed by atoms with Crippen molar-refractivity contribution in [2.45, 2.75) is 6.92 Å². The highest BCUT2D eigenvalue weighted by molar-refractivity contribution is 5.84. The van der Waals surface area contributed by atoms with Crippen LogP contribution in [-0.2, 0) is 4.79 Å². The van der Waals surface area contributed by atoms with E-state index in [9.17, 15) is 4.79 Å². The molecule has 0 aliphatic carbocycles. The van der Waals surface area contributed by atoms with Crippen LogP contribution >= 0.6 is 0 Å². The van der Waals surface area contributed by atoms with Crippen molar-refractivity contribution in [1.82, 2.24) is 4.98 Å². The van der Waals surface area contributed by atoms with E-state index in [4.69, 9.17) is 10.00 Å². The van der Waals surface area contributed by atoms with Gasteiger partial charge in [0.1, 0.15) is 17.5 Å². The summed E-state index contributed by atoms with van der Waals surface area (Å²) in [4.78, 5) is 15.6. The molecular weight excluding hydrogens is 276 g/mol. The van der Waals surface area contributed by atoms with Crippen molar-refractivity contribution in [3.63, 3.8) is 0 Å². The van der Waals surface area contributed by atoms with E-state index in [0.29, 0.717) is 11.4 Å². The molecule has 0 aliphatic heterocycles. The second kappa shape index (κ2) is 7.55. The fourth-order valence-electron chi connectivity index (χ4n) is 1.74. The topological polar surface area (TPSA) is 63.0 Å². The van der Waals surface area contributed by atoms with Gasteiger partial charge in [0.2, 0.25) is 0 Å². The van der Waals surface area contributed by atoms with Gasteiger partial charge in [0.15, 0.2) is 0 Å². The summed E-state index contributed by atoms with van der Waals surface area (Å²) in [6.45, 7) is 1.87. The largest absolute Gasteiger partial charge is 0.423 e. The minimum absolute atomic E-state index is 0.377. The predicted octanol–water partition coefficient (Wildman–Crippen LogP) is 3.66. The van der Waals surface area contributed by atoms with Crippen LogP contribution in [-0.4, -0.2) is 11.0 Å². The minimum Gasteiger partial charge on any atom is -0.423 e. The fraction of sp³-hybridized carbons (Fsp3) is 0.0556. The second-order valence-electron chi connectivity index (χ2n) is 4.37. The molecule has 0 radical (unpaired) electrons. The molecule has 0 saturated heterocycles. The lowest BCUT2D eigenvalue weighted by molar-refractivity contribution is -0.128. The monoisotopic (exact) mass is 290 g/mol. The first kappa shape index (κ1) is 15.2. The van der Waals surface area contributed by atoms with Gasteiger partial charge in [-0.05, 0) is 36.8 Å². The maximum absolute atomic E-state index is 11.5. The van der Waals surface area contributed by atoms with Crippen molar-refractivity contribution in [1.29, 1.82) is 5.26 Å². The van der Waals surface area contributed by atoms with Gasteiger partial charge in [-0.2, -0.15) is 5.26 Å². The van der Waals surface area contributed by atoms with Gasteiger partial charge in [0, 0.05) is 17.8 Å². The number of benzene rings is 1. The van der Waals surface area contributed by atoms with Crippen molar-refractivity contribution in [3.05, 3.63) is 72.6 Å². The van der Waals surface area contributed by atoms with E-state index in [1.807, 2.05) is 37.3 Å². The molecule has 2 rings (SSSR count).